The van der Waals surface area contributed by atoms with Crippen LogP contribution in [0.1, 0.15) is 52.9 Å². The van der Waals surface area contributed by atoms with Crippen LogP contribution >= 0.6 is 11.8 Å². The maximum Gasteiger partial charge on any atom is 0.00955 e. The summed E-state index contributed by atoms with van der Waals surface area (Å²) in [6, 6.07) is 0.829. The molecule has 1 N–H and O–H groups in total. The minimum Gasteiger partial charge on any atom is -0.314 e. The maximum atomic E-state index is 3.64. The van der Waals surface area contributed by atoms with E-state index in [4.69, 9.17) is 0 Å². The molecule has 0 aromatic heterocycles. The third-order valence-corrected chi connectivity index (χ3v) is 4.65. The number of hydrogen-bond acceptors (Lipinski definition) is 2. The molecule has 0 radical (unpaired) electrons. The number of nitrogens with one attached hydrogen (secondary N) is 1. The first-order valence-corrected chi connectivity index (χ1v) is 8.20. The molecule has 2 unspecified atom stereocenters. The standard InChI is InChI=1S/C14H29NS/c1-4-15-14-7-5-6-13(14)9-11-16-10-8-12(2)3/h12-15H,4-11H2,1-3H3. The molecule has 0 heterocycles. The van der Waals surface area contributed by atoms with Crippen molar-refractivity contribution in [2.24, 2.45) is 11.8 Å². The van der Waals surface area contributed by atoms with Crippen LogP contribution in [0.4, 0.5) is 0 Å². The van der Waals surface area contributed by atoms with Gasteiger partial charge >= 0.3 is 0 Å². The second kappa shape index (κ2) is 8.41. The fourth-order valence-corrected chi connectivity index (χ4v) is 3.88. The predicted octanol–water partition coefficient (Wildman–Crippen LogP) is 3.93. The molecule has 96 valence electrons. The highest BCUT2D eigenvalue weighted by molar-refractivity contribution is 7.99. The summed E-state index contributed by atoms with van der Waals surface area (Å²) < 4.78 is 0. The Hall–Kier alpha value is 0.310. The van der Waals surface area contributed by atoms with Gasteiger partial charge in [0.05, 0.1) is 0 Å². The van der Waals surface area contributed by atoms with Gasteiger partial charge < -0.3 is 5.32 Å². The average Bonchev–Trinajstić information content (AvgIpc) is 2.65. The minimum absolute atomic E-state index is 0.829. The molecule has 16 heavy (non-hydrogen) atoms. The number of thioether (sulfide) groups is 1. The van der Waals surface area contributed by atoms with E-state index in [9.17, 15) is 0 Å². The smallest absolute Gasteiger partial charge is 0.00955 e. The Labute approximate surface area is 106 Å². The molecular formula is C14H29NS. The van der Waals surface area contributed by atoms with Crippen LogP contribution in [0, 0.1) is 11.8 Å². The fraction of sp³-hybridized carbons (Fsp3) is 1.00. The van der Waals surface area contributed by atoms with Crippen molar-refractivity contribution in [2.75, 3.05) is 18.1 Å². The number of hydrogen-bond donors (Lipinski definition) is 1. The highest BCUT2D eigenvalue weighted by Crippen LogP contribution is 2.29. The summed E-state index contributed by atoms with van der Waals surface area (Å²) in [6.07, 6.45) is 7.13. The van der Waals surface area contributed by atoms with Crippen LogP contribution in [-0.2, 0) is 0 Å². The van der Waals surface area contributed by atoms with Gasteiger partial charge in [0.25, 0.3) is 0 Å². The molecule has 1 rings (SSSR count). The lowest BCUT2D eigenvalue weighted by Crippen LogP contribution is -2.32. The van der Waals surface area contributed by atoms with Crippen LogP contribution in [0.3, 0.4) is 0 Å². The van der Waals surface area contributed by atoms with Crippen molar-refractivity contribution in [1.29, 1.82) is 0 Å². The Morgan fingerprint density at radius 1 is 1.25 bits per heavy atom. The van der Waals surface area contributed by atoms with E-state index >= 15 is 0 Å². The Bertz CT molecular complexity index is 170. The quantitative estimate of drug-likeness (QED) is 0.648. The minimum atomic E-state index is 0.829. The molecule has 1 fully saturated rings. The molecular weight excluding hydrogens is 214 g/mol. The summed E-state index contributed by atoms with van der Waals surface area (Å²) in [5, 5.41) is 3.64. The van der Waals surface area contributed by atoms with Gasteiger partial charge in [0.1, 0.15) is 0 Å². The first-order chi connectivity index (χ1) is 7.74. The Morgan fingerprint density at radius 3 is 2.75 bits per heavy atom. The zero-order valence-electron chi connectivity index (χ0n) is 11.3. The van der Waals surface area contributed by atoms with Gasteiger partial charge in [-0.15, -0.1) is 0 Å². The summed E-state index contributed by atoms with van der Waals surface area (Å²) in [7, 11) is 0. The lowest BCUT2D eigenvalue weighted by atomic mass is 10.0. The zero-order chi connectivity index (χ0) is 11.8. The molecule has 2 heteroatoms. The van der Waals surface area contributed by atoms with Gasteiger partial charge in [0.15, 0.2) is 0 Å². The molecule has 0 amide bonds. The topological polar surface area (TPSA) is 12.0 Å². The van der Waals surface area contributed by atoms with Crippen LogP contribution in [0.15, 0.2) is 0 Å². The Morgan fingerprint density at radius 2 is 2.06 bits per heavy atom. The summed E-state index contributed by atoms with van der Waals surface area (Å²) in [5.41, 5.74) is 0. The summed E-state index contributed by atoms with van der Waals surface area (Å²) in [4.78, 5) is 0. The van der Waals surface area contributed by atoms with Crippen molar-refractivity contribution in [2.45, 2.75) is 58.9 Å². The van der Waals surface area contributed by atoms with Crippen LogP contribution in [0.25, 0.3) is 0 Å². The van der Waals surface area contributed by atoms with Gasteiger partial charge in [-0.2, -0.15) is 11.8 Å². The molecule has 0 aromatic carbocycles. The van der Waals surface area contributed by atoms with Gasteiger partial charge in [-0.3, -0.25) is 0 Å². The normalized spacial score (nSPS) is 25.5. The Kier molecular flexibility index (Phi) is 7.55. The van der Waals surface area contributed by atoms with E-state index in [0.29, 0.717) is 0 Å². The van der Waals surface area contributed by atoms with Gasteiger partial charge in [-0.25, -0.2) is 0 Å². The molecule has 1 aliphatic carbocycles. The van der Waals surface area contributed by atoms with Crippen molar-refractivity contribution < 1.29 is 0 Å². The van der Waals surface area contributed by atoms with E-state index in [1.807, 2.05) is 0 Å². The van der Waals surface area contributed by atoms with E-state index in [2.05, 4.69) is 37.8 Å². The molecule has 1 nitrogen and oxygen atoms in total. The van der Waals surface area contributed by atoms with Gasteiger partial charge in [-0.05, 0) is 55.6 Å². The second-order valence-electron chi connectivity index (χ2n) is 5.44. The molecule has 2 atom stereocenters. The number of rotatable bonds is 8. The van der Waals surface area contributed by atoms with Crippen molar-refractivity contribution >= 4 is 11.8 Å². The summed E-state index contributed by atoms with van der Waals surface area (Å²) >= 11 is 2.16. The SMILES string of the molecule is CCNC1CCCC1CCSCCC(C)C. The van der Waals surface area contributed by atoms with Crippen LogP contribution in [-0.4, -0.2) is 24.1 Å². The van der Waals surface area contributed by atoms with Gasteiger partial charge in [0.2, 0.25) is 0 Å². The molecule has 0 saturated heterocycles. The van der Waals surface area contributed by atoms with Crippen LogP contribution < -0.4 is 5.32 Å². The van der Waals surface area contributed by atoms with Crippen molar-refractivity contribution in [1.82, 2.24) is 5.32 Å². The molecule has 1 saturated carbocycles. The summed E-state index contributed by atoms with van der Waals surface area (Å²) in [5.74, 6) is 4.57. The molecule has 1 aliphatic rings. The lowest BCUT2D eigenvalue weighted by molar-refractivity contribution is 0.400. The maximum absolute atomic E-state index is 3.64. The molecule has 0 aliphatic heterocycles. The monoisotopic (exact) mass is 243 g/mol. The van der Waals surface area contributed by atoms with Crippen molar-refractivity contribution in [3.63, 3.8) is 0 Å². The average molecular weight is 243 g/mol. The predicted molar refractivity (Wildman–Crippen MR) is 76.2 cm³/mol. The summed E-state index contributed by atoms with van der Waals surface area (Å²) in [6.45, 7) is 8.01. The van der Waals surface area contributed by atoms with E-state index in [1.165, 1.54) is 43.6 Å². The highest BCUT2D eigenvalue weighted by atomic mass is 32.2. The third-order valence-electron chi connectivity index (χ3n) is 3.60. The van der Waals surface area contributed by atoms with E-state index in [0.717, 1.165) is 24.4 Å². The zero-order valence-corrected chi connectivity index (χ0v) is 12.1. The molecule has 0 spiro atoms. The first kappa shape index (κ1) is 14.4. The van der Waals surface area contributed by atoms with Crippen LogP contribution in [0.5, 0.6) is 0 Å². The van der Waals surface area contributed by atoms with E-state index in [1.54, 1.807) is 0 Å². The Balaban J connectivity index is 2.03. The second-order valence-corrected chi connectivity index (χ2v) is 6.66. The lowest BCUT2D eigenvalue weighted by Gasteiger charge is -2.20. The van der Waals surface area contributed by atoms with Gasteiger partial charge in [-0.1, -0.05) is 27.2 Å². The third kappa shape index (κ3) is 5.58. The molecule has 0 bridgehead atoms. The highest BCUT2D eigenvalue weighted by Gasteiger charge is 2.25. The van der Waals surface area contributed by atoms with Crippen molar-refractivity contribution in [3.8, 4) is 0 Å². The molecule has 0 aromatic rings. The van der Waals surface area contributed by atoms with Crippen LogP contribution in [0.2, 0.25) is 0 Å². The largest absolute Gasteiger partial charge is 0.314 e. The first-order valence-electron chi connectivity index (χ1n) is 7.05. The van der Waals surface area contributed by atoms with E-state index in [-0.39, 0.29) is 0 Å². The van der Waals surface area contributed by atoms with E-state index < -0.39 is 0 Å². The fourth-order valence-electron chi connectivity index (χ4n) is 2.57. The van der Waals surface area contributed by atoms with Crippen molar-refractivity contribution in [3.05, 3.63) is 0 Å². The van der Waals surface area contributed by atoms with Gasteiger partial charge in [0, 0.05) is 6.04 Å².